The topological polar surface area (TPSA) is 84.9 Å². The number of alkyl carbamates (subject to hydrolysis) is 1. The number of aliphatic carboxylic acids is 1. The Labute approximate surface area is 134 Å². The van der Waals surface area contributed by atoms with Gasteiger partial charge in [-0.25, -0.2) is 14.0 Å². The fourth-order valence-electron chi connectivity index (χ4n) is 1.62. The maximum Gasteiger partial charge on any atom is 0.573 e. The van der Waals surface area contributed by atoms with Crippen LogP contribution in [0.5, 0.6) is 5.75 Å². The van der Waals surface area contributed by atoms with E-state index in [1.165, 1.54) is 20.8 Å². The number of carbonyl (C=O) groups is 2. The van der Waals surface area contributed by atoms with Crippen LogP contribution in [0.4, 0.5) is 22.4 Å². The van der Waals surface area contributed by atoms with Gasteiger partial charge in [-0.2, -0.15) is 0 Å². The zero-order valence-corrected chi connectivity index (χ0v) is 12.9. The average Bonchev–Trinajstić information content (AvgIpc) is 2.35. The van der Waals surface area contributed by atoms with E-state index in [4.69, 9.17) is 9.84 Å². The van der Waals surface area contributed by atoms with Crippen molar-refractivity contribution in [1.29, 1.82) is 0 Å². The van der Waals surface area contributed by atoms with Gasteiger partial charge in [-0.05, 0) is 38.5 Å². The number of nitrogens with one attached hydrogen (secondary N) is 1. The van der Waals surface area contributed by atoms with Crippen LogP contribution in [-0.2, 0) is 9.53 Å². The minimum atomic E-state index is -5.16. The number of hydrogen-bond acceptors (Lipinski definition) is 4. The minimum Gasteiger partial charge on any atom is -0.479 e. The van der Waals surface area contributed by atoms with E-state index >= 15 is 0 Å². The van der Waals surface area contributed by atoms with Crippen LogP contribution in [-0.4, -0.2) is 29.1 Å². The molecule has 134 valence electrons. The van der Waals surface area contributed by atoms with Crippen LogP contribution in [0.3, 0.4) is 0 Å². The molecule has 1 unspecified atom stereocenters. The van der Waals surface area contributed by atoms with Crippen LogP contribution in [0, 0.1) is 5.82 Å². The second-order valence-electron chi connectivity index (χ2n) is 5.66. The maximum absolute atomic E-state index is 13.4. The zero-order valence-electron chi connectivity index (χ0n) is 12.9. The van der Waals surface area contributed by atoms with Gasteiger partial charge in [0.05, 0.1) is 0 Å². The predicted molar refractivity (Wildman–Crippen MR) is 72.8 cm³/mol. The number of rotatable bonds is 4. The molecule has 1 atom stereocenters. The third kappa shape index (κ3) is 6.31. The van der Waals surface area contributed by atoms with E-state index in [2.05, 4.69) is 4.74 Å². The number of amides is 1. The zero-order chi connectivity index (χ0) is 18.7. The van der Waals surface area contributed by atoms with E-state index < -0.39 is 41.6 Å². The first-order valence-corrected chi connectivity index (χ1v) is 6.56. The molecule has 0 bridgehead atoms. The molecule has 2 N–H and O–H groups in total. The molecular formula is C14H15F4NO5. The summed E-state index contributed by atoms with van der Waals surface area (Å²) < 4.78 is 58.4. The molecule has 0 radical (unpaired) electrons. The van der Waals surface area contributed by atoms with E-state index in [1.807, 2.05) is 5.32 Å². The van der Waals surface area contributed by atoms with Gasteiger partial charge in [0.2, 0.25) is 0 Å². The summed E-state index contributed by atoms with van der Waals surface area (Å²) in [7, 11) is 0. The third-order valence-corrected chi connectivity index (χ3v) is 2.42. The van der Waals surface area contributed by atoms with Gasteiger partial charge in [0.1, 0.15) is 5.60 Å². The summed E-state index contributed by atoms with van der Waals surface area (Å²) in [6, 6.07) is 0.299. The van der Waals surface area contributed by atoms with Crippen molar-refractivity contribution in [2.24, 2.45) is 0 Å². The normalized spacial score (nSPS) is 13.1. The number of hydrogen-bond donors (Lipinski definition) is 2. The van der Waals surface area contributed by atoms with E-state index in [-0.39, 0.29) is 5.56 Å². The second-order valence-corrected chi connectivity index (χ2v) is 5.66. The Kier molecular flexibility index (Phi) is 5.64. The molecular weight excluding hydrogens is 338 g/mol. The summed E-state index contributed by atoms with van der Waals surface area (Å²) >= 11 is 0. The van der Waals surface area contributed by atoms with Crippen LogP contribution in [0.15, 0.2) is 18.2 Å². The van der Waals surface area contributed by atoms with E-state index in [1.54, 1.807) is 0 Å². The molecule has 6 nitrogen and oxygen atoms in total. The van der Waals surface area contributed by atoms with Crippen molar-refractivity contribution in [3.8, 4) is 5.75 Å². The van der Waals surface area contributed by atoms with Crippen molar-refractivity contribution in [2.45, 2.75) is 38.8 Å². The van der Waals surface area contributed by atoms with Crippen LogP contribution in [0.1, 0.15) is 32.4 Å². The number of halogens is 4. The van der Waals surface area contributed by atoms with E-state index in [9.17, 15) is 27.2 Å². The van der Waals surface area contributed by atoms with Gasteiger partial charge < -0.3 is 19.9 Å². The molecule has 0 aliphatic heterocycles. The molecule has 0 fully saturated rings. The van der Waals surface area contributed by atoms with Gasteiger partial charge in [0.25, 0.3) is 0 Å². The largest absolute Gasteiger partial charge is 0.573 e. The van der Waals surface area contributed by atoms with Crippen molar-refractivity contribution in [2.75, 3.05) is 0 Å². The third-order valence-electron chi connectivity index (χ3n) is 2.42. The van der Waals surface area contributed by atoms with Gasteiger partial charge in [-0.3, -0.25) is 0 Å². The fraction of sp³-hybridized carbons (Fsp3) is 0.429. The Morgan fingerprint density at radius 2 is 1.79 bits per heavy atom. The Balaban J connectivity index is 3.07. The lowest BCUT2D eigenvalue weighted by atomic mass is 10.1. The predicted octanol–water partition coefficient (Wildman–Crippen LogP) is 3.37. The fourth-order valence-corrected chi connectivity index (χ4v) is 1.62. The van der Waals surface area contributed by atoms with Crippen LogP contribution >= 0.6 is 0 Å². The number of carboxylic acid groups (broad SMARTS) is 1. The molecule has 0 spiro atoms. The van der Waals surface area contributed by atoms with Crippen molar-refractivity contribution >= 4 is 12.1 Å². The van der Waals surface area contributed by atoms with Gasteiger partial charge in [0, 0.05) is 0 Å². The SMILES string of the molecule is CC(C)(C)OC(=O)NC(C(=O)O)c1ccc(F)c(OC(F)(F)F)c1. The Bertz CT molecular complexity index is 625. The van der Waals surface area contributed by atoms with Crippen LogP contribution in [0.25, 0.3) is 0 Å². The molecule has 0 saturated carbocycles. The Morgan fingerprint density at radius 1 is 1.21 bits per heavy atom. The van der Waals surface area contributed by atoms with Crippen molar-refractivity contribution in [3.05, 3.63) is 29.6 Å². The lowest BCUT2D eigenvalue weighted by Gasteiger charge is -2.22. The van der Waals surface area contributed by atoms with Crippen LogP contribution in [0.2, 0.25) is 0 Å². The Morgan fingerprint density at radius 3 is 2.25 bits per heavy atom. The van der Waals surface area contributed by atoms with Gasteiger partial charge >= 0.3 is 18.4 Å². The molecule has 0 saturated heterocycles. The maximum atomic E-state index is 13.4. The van der Waals surface area contributed by atoms with Crippen molar-refractivity contribution in [1.82, 2.24) is 5.32 Å². The second kappa shape index (κ2) is 6.93. The number of ether oxygens (including phenoxy) is 2. The first-order valence-electron chi connectivity index (χ1n) is 6.56. The summed E-state index contributed by atoms with van der Waals surface area (Å²) in [5, 5.41) is 11.1. The highest BCUT2D eigenvalue weighted by Crippen LogP contribution is 2.28. The minimum absolute atomic E-state index is 0.325. The molecule has 1 aromatic carbocycles. The smallest absolute Gasteiger partial charge is 0.479 e. The summed E-state index contributed by atoms with van der Waals surface area (Å²) in [6.07, 6.45) is -6.26. The molecule has 24 heavy (non-hydrogen) atoms. The average molecular weight is 353 g/mol. The number of carboxylic acids is 1. The standard InChI is InChI=1S/C14H15F4NO5/c1-13(2,3)24-12(22)19-10(11(20)21)7-4-5-8(15)9(6-7)23-14(16,17)18/h4-6,10H,1-3H3,(H,19,22)(H,20,21). The quantitative estimate of drug-likeness (QED) is 0.811. The molecule has 1 amide bonds. The molecule has 1 aromatic rings. The van der Waals surface area contributed by atoms with Gasteiger partial charge in [-0.1, -0.05) is 6.07 Å². The monoisotopic (exact) mass is 353 g/mol. The number of carbonyl (C=O) groups excluding carboxylic acids is 1. The summed E-state index contributed by atoms with van der Waals surface area (Å²) in [4.78, 5) is 22.9. The van der Waals surface area contributed by atoms with E-state index in [0.29, 0.717) is 12.1 Å². The molecule has 0 aliphatic rings. The number of benzene rings is 1. The first kappa shape index (κ1) is 19.5. The van der Waals surface area contributed by atoms with Gasteiger partial charge in [-0.15, -0.1) is 13.2 Å². The highest BCUT2D eigenvalue weighted by molar-refractivity contribution is 5.81. The Hall–Kier alpha value is -2.52. The summed E-state index contributed by atoms with van der Waals surface area (Å²) in [6.45, 7) is 4.61. The molecule has 10 heteroatoms. The highest BCUT2D eigenvalue weighted by atomic mass is 19.4. The molecule has 0 aliphatic carbocycles. The summed E-state index contributed by atoms with van der Waals surface area (Å²) in [5.74, 6) is -4.12. The van der Waals surface area contributed by atoms with Crippen LogP contribution < -0.4 is 10.1 Å². The molecule has 0 heterocycles. The van der Waals surface area contributed by atoms with E-state index in [0.717, 1.165) is 6.07 Å². The lowest BCUT2D eigenvalue weighted by molar-refractivity contribution is -0.275. The highest BCUT2D eigenvalue weighted by Gasteiger charge is 2.33. The molecule has 0 aromatic heterocycles. The first-order chi connectivity index (χ1) is 10.8. The van der Waals surface area contributed by atoms with Gasteiger partial charge in [0.15, 0.2) is 17.6 Å². The summed E-state index contributed by atoms with van der Waals surface area (Å²) in [5.41, 5.74) is -1.24. The van der Waals surface area contributed by atoms with Crippen molar-refractivity contribution in [3.63, 3.8) is 0 Å². The number of alkyl halides is 3. The van der Waals surface area contributed by atoms with Crippen molar-refractivity contribution < 1.29 is 41.7 Å². The molecule has 1 rings (SSSR count). The lowest BCUT2D eigenvalue weighted by Crippen LogP contribution is -2.38.